The Balaban J connectivity index is 1.71. The van der Waals surface area contributed by atoms with E-state index in [9.17, 15) is 0 Å². The molecule has 1 aromatic carbocycles. The van der Waals surface area contributed by atoms with E-state index < -0.39 is 0 Å². The Labute approximate surface area is 143 Å². The molecular formula is C18H26N4O2. The first-order valence-corrected chi connectivity index (χ1v) is 8.06. The van der Waals surface area contributed by atoms with Crippen molar-refractivity contribution in [3.63, 3.8) is 0 Å². The highest BCUT2D eigenvalue weighted by molar-refractivity contribution is 5.79. The van der Waals surface area contributed by atoms with E-state index in [1.807, 2.05) is 30.3 Å². The van der Waals surface area contributed by atoms with Gasteiger partial charge in [0, 0.05) is 12.5 Å². The van der Waals surface area contributed by atoms with Crippen molar-refractivity contribution in [2.45, 2.75) is 32.7 Å². The number of para-hydroxylation sites is 1. The van der Waals surface area contributed by atoms with Crippen LogP contribution in [0.1, 0.15) is 32.4 Å². The van der Waals surface area contributed by atoms with Crippen LogP contribution in [0.5, 0.6) is 5.75 Å². The van der Waals surface area contributed by atoms with E-state index >= 15 is 0 Å². The van der Waals surface area contributed by atoms with Crippen LogP contribution in [0.3, 0.4) is 0 Å². The number of aromatic nitrogens is 1. The largest absolute Gasteiger partial charge is 0.492 e. The first-order valence-electron chi connectivity index (χ1n) is 8.06. The van der Waals surface area contributed by atoms with Gasteiger partial charge in [-0.3, -0.25) is 4.99 Å². The van der Waals surface area contributed by atoms with Gasteiger partial charge in [-0.1, -0.05) is 39.0 Å². The fourth-order valence-electron chi connectivity index (χ4n) is 1.97. The zero-order valence-electron chi connectivity index (χ0n) is 14.8. The van der Waals surface area contributed by atoms with Crippen molar-refractivity contribution in [2.75, 3.05) is 20.2 Å². The van der Waals surface area contributed by atoms with Crippen LogP contribution >= 0.6 is 0 Å². The molecule has 0 spiro atoms. The Bertz CT molecular complexity index is 645. The van der Waals surface area contributed by atoms with Gasteiger partial charge < -0.3 is 19.8 Å². The highest BCUT2D eigenvalue weighted by Crippen LogP contribution is 2.22. The maximum atomic E-state index is 5.75. The summed E-state index contributed by atoms with van der Waals surface area (Å²) in [4.78, 5) is 8.46. The molecule has 0 atom stereocenters. The maximum Gasteiger partial charge on any atom is 0.213 e. The van der Waals surface area contributed by atoms with Gasteiger partial charge in [-0.15, -0.1) is 0 Å². The van der Waals surface area contributed by atoms with Crippen LogP contribution in [0.25, 0.3) is 0 Å². The van der Waals surface area contributed by atoms with Gasteiger partial charge in [-0.05, 0) is 12.1 Å². The molecule has 0 saturated carbocycles. The zero-order chi connectivity index (χ0) is 17.4. The van der Waals surface area contributed by atoms with E-state index in [-0.39, 0.29) is 5.41 Å². The van der Waals surface area contributed by atoms with Crippen LogP contribution < -0.4 is 15.4 Å². The summed E-state index contributed by atoms with van der Waals surface area (Å²) in [5.74, 6) is 3.06. The molecule has 2 aromatic rings. The Morgan fingerprint density at radius 3 is 2.58 bits per heavy atom. The average Bonchev–Trinajstić information content (AvgIpc) is 3.04. The second-order valence-corrected chi connectivity index (χ2v) is 6.38. The minimum atomic E-state index is -0.0417. The number of guanidine groups is 1. The van der Waals surface area contributed by atoms with Gasteiger partial charge >= 0.3 is 0 Å². The normalized spacial score (nSPS) is 12.1. The maximum absolute atomic E-state index is 5.75. The lowest BCUT2D eigenvalue weighted by molar-refractivity contribution is 0.321. The van der Waals surface area contributed by atoms with Crippen LogP contribution in [-0.2, 0) is 12.0 Å². The fourth-order valence-corrected chi connectivity index (χ4v) is 1.97. The lowest BCUT2D eigenvalue weighted by Crippen LogP contribution is -2.38. The van der Waals surface area contributed by atoms with Gasteiger partial charge in [0.1, 0.15) is 18.1 Å². The third-order valence-electron chi connectivity index (χ3n) is 3.33. The molecule has 0 amide bonds. The SMILES string of the molecule is CN=C(NCCOc1ccccc1)NCc1ncc(C(C)(C)C)o1. The summed E-state index contributed by atoms with van der Waals surface area (Å²) < 4.78 is 11.4. The minimum Gasteiger partial charge on any atom is -0.492 e. The van der Waals surface area contributed by atoms with Crippen molar-refractivity contribution in [3.8, 4) is 5.75 Å². The molecule has 6 nitrogen and oxygen atoms in total. The van der Waals surface area contributed by atoms with Crippen LogP contribution in [0, 0.1) is 0 Å². The summed E-state index contributed by atoms with van der Waals surface area (Å²) in [6.45, 7) is 7.97. The molecule has 2 N–H and O–H groups in total. The molecule has 0 aliphatic heterocycles. The number of benzene rings is 1. The molecule has 0 radical (unpaired) electrons. The second-order valence-electron chi connectivity index (χ2n) is 6.38. The van der Waals surface area contributed by atoms with Crippen molar-refractivity contribution < 1.29 is 9.15 Å². The van der Waals surface area contributed by atoms with Crippen LogP contribution in [0.2, 0.25) is 0 Å². The summed E-state index contributed by atoms with van der Waals surface area (Å²) in [5.41, 5.74) is -0.0417. The molecule has 0 unspecified atom stereocenters. The van der Waals surface area contributed by atoms with E-state index in [1.54, 1.807) is 13.2 Å². The van der Waals surface area contributed by atoms with Gasteiger partial charge in [-0.25, -0.2) is 4.98 Å². The first-order chi connectivity index (χ1) is 11.5. The summed E-state index contributed by atoms with van der Waals surface area (Å²) in [7, 11) is 1.73. The molecule has 0 bridgehead atoms. The summed E-state index contributed by atoms with van der Waals surface area (Å²) in [6, 6.07) is 9.73. The van der Waals surface area contributed by atoms with Gasteiger partial charge in [-0.2, -0.15) is 0 Å². The third-order valence-corrected chi connectivity index (χ3v) is 3.33. The lowest BCUT2D eigenvalue weighted by atomic mass is 9.94. The number of hydrogen-bond acceptors (Lipinski definition) is 4. The van der Waals surface area contributed by atoms with E-state index in [1.165, 1.54) is 0 Å². The van der Waals surface area contributed by atoms with Crippen molar-refractivity contribution in [1.82, 2.24) is 15.6 Å². The van der Waals surface area contributed by atoms with Gasteiger partial charge in [0.15, 0.2) is 5.96 Å². The monoisotopic (exact) mass is 330 g/mol. The summed E-state index contributed by atoms with van der Waals surface area (Å²) >= 11 is 0. The Hall–Kier alpha value is -2.50. The Morgan fingerprint density at radius 1 is 1.21 bits per heavy atom. The number of hydrogen-bond donors (Lipinski definition) is 2. The number of oxazole rings is 1. The molecule has 0 aliphatic carbocycles. The Morgan fingerprint density at radius 2 is 1.96 bits per heavy atom. The van der Waals surface area contributed by atoms with Crippen molar-refractivity contribution in [2.24, 2.45) is 4.99 Å². The molecular weight excluding hydrogens is 304 g/mol. The topological polar surface area (TPSA) is 71.7 Å². The fraction of sp³-hybridized carbons (Fsp3) is 0.444. The lowest BCUT2D eigenvalue weighted by Gasteiger charge is -2.13. The standard InChI is InChI=1S/C18H26N4O2/c1-18(2,3)15-12-21-16(24-15)13-22-17(19-4)20-10-11-23-14-8-6-5-7-9-14/h5-9,12H,10-11,13H2,1-4H3,(H2,19,20,22). The average molecular weight is 330 g/mol. The highest BCUT2D eigenvalue weighted by Gasteiger charge is 2.19. The first kappa shape index (κ1) is 17.8. The van der Waals surface area contributed by atoms with Gasteiger partial charge in [0.2, 0.25) is 5.89 Å². The number of ether oxygens (including phenoxy) is 1. The molecule has 0 saturated heterocycles. The van der Waals surface area contributed by atoms with Crippen molar-refractivity contribution in [1.29, 1.82) is 0 Å². The molecule has 0 fully saturated rings. The second kappa shape index (κ2) is 8.38. The number of aliphatic imine (C=N–C) groups is 1. The molecule has 6 heteroatoms. The Kier molecular flexibility index (Phi) is 6.23. The van der Waals surface area contributed by atoms with Crippen molar-refractivity contribution in [3.05, 3.63) is 48.2 Å². The zero-order valence-corrected chi connectivity index (χ0v) is 14.8. The van der Waals surface area contributed by atoms with Crippen LogP contribution in [0.4, 0.5) is 0 Å². The highest BCUT2D eigenvalue weighted by atomic mass is 16.5. The van der Waals surface area contributed by atoms with Crippen molar-refractivity contribution >= 4 is 5.96 Å². The molecule has 24 heavy (non-hydrogen) atoms. The van der Waals surface area contributed by atoms with Crippen LogP contribution in [0.15, 0.2) is 45.9 Å². The summed E-state index contributed by atoms with van der Waals surface area (Å²) in [5, 5.41) is 6.37. The van der Waals surface area contributed by atoms with E-state index in [0.717, 1.165) is 11.5 Å². The molecule has 1 aromatic heterocycles. The third kappa shape index (κ3) is 5.61. The minimum absolute atomic E-state index is 0.0417. The van der Waals surface area contributed by atoms with Gasteiger partial charge in [0.05, 0.1) is 19.3 Å². The quantitative estimate of drug-likeness (QED) is 0.484. The van der Waals surface area contributed by atoms with Gasteiger partial charge in [0.25, 0.3) is 0 Å². The molecule has 2 rings (SSSR count). The van der Waals surface area contributed by atoms with Crippen LogP contribution in [-0.4, -0.2) is 31.1 Å². The number of rotatable bonds is 6. The van der Waals surface area contributed by atoms with E-state index in [2.05, 4.69) is 41.4 Å². The molecule has 130 valence electrons. The number of nitrogens with zero attached hydrogens (tertiary/aromatic N) is 2. The predicted octanol–water partition coefficient (Wildman–Crippen LogP) is 2.72. The smallest absolute Gasteiger partial charge is 0.213 e. The molecule has 1 heterocycles. The van der Waals surface area contributed by atoms with E-state index in [0.29, 0.717) is 31.5 Å². The van der Waals surface area contributed by atoms with E-state index in [4.69, 9.17) is 9.15 Å². The summed E-state index contributed by atoms with van der Waals surface area (Å²) in [6.07, 6.45) is 1.78. The molecule has 0 aliphatic rings. The number of nitrogens with one attached hydrogen (secondary N) is 2. The predicted molar refractivity (Wildman–Crippen MR) is 95.3 cm³/mol.